The summed E-state index contributed by atoms with van der Waals surface area (Å²) in [6, 6.07) is 23.9. The minimum absolute atomic E-state index is 0.0656. The molecule has 7 nitrogen and oxygen atoms in total. The fraction of sp³-hybridized carbons (Fsp3) is 0.0741. The number of hydrogen-bond donors (Lipinski definition) is 1. The van der Waals surface area contributed by atoms with Gasteiger partial charge in [-0.1, -0.05) is 48.5 Å². The summed E-state index contributed by atoms with van der Waals surface area (Å²) in [6.45, 7) is 0.347. The predicted octanol–water partition coefficient (Wildman–Crippen LogP) is 4.67. The van der Waals surface area contributed by atoms with E-state index in [1.54, 1.807) is 36.4 Å². The molecule has 168 valence electrons. The van der Waals surface area contributed by atoms with Crippen LogP contribution in [0.1, 0.15) is 16.9 Å². The van der Waals surface area contributed by atoms with Crippen LogP contribution in [-0.2, 0) is 22.7 Å². The maximum absolute atomic E-state index is 12.8. The fourth-order valence-corrected chi connectivity index (χ4v) is 3.72. The minimum Gasteiger partial charge on any atom is -0.489 e. The Balaban J connectivity index is 1.28. The third kappa shape index (κ3) is 4.45. The highest BCUT2D eigenvalue weighted by Gasteiger charge is 2.36. The van der Waals surface area contributed by atoms with Gasteiger partial charge in [0.15, 0.2) is 0 Å². The highest BCUT2D eigenvalue weighted by Crippen LogP contribution is 2.21. The maximum Gasteiger partial charge on any atom is 0.331 e. The molecule has 34 heavy (non-hydrogen) atoms. The molecule has 1 fully saturated rings. The topological polar surface area (TPSA) is 88.9 Å². The van der Waals surface area contributed by atoms with Crippen LogP contribution in [0.5, 0.6) is 5.75 Å². The van der Waals surface area contributed by atoms with Crippen molar-refractivity contribution in [3.63, 3.8) is 0 Å². The first-order valence-electron chi connectivity index (χ1n) is 10.7. The second kappa shape index (κ2) is 9.07. The summed E-state index contributed by atoms with van der Waals surface area (Å²) in [5.74, 6) is -0.321. The summed E-state index contributed by atoms with van der Waals surface area (Å²) in [5.41, 5.74) is 1.55. The SMILES string of the molecule is O=C1NC(=O)N(Cc2ccco2)C(=O)C1=Cc1ccc(OCc2ccc3ccccc3c2)cc1. The molecule has 0 aliphatic carbocycles. The number of carbonyl (C=O) groups is 3. The molecule has 4 aromatic rings. The Kier molecular flexibility index (Phi) is 5.66. The van der Waals surface area contributed by atoms with Crippen LogP contribution in [0.2, 0.25) is 0 Å². The summed E-state index contributed by atoms with van der Waals surface area (Å²) in [7, 11) is 0. The third-order valence-electron chi connectivity index (χ3n) is 5.49. The molecule has 1 aliphatic rings. The average Bonchev–Trinajstić information content (AvgIpc) is 3.37. The van der Waals surface area contributed by atoms with Crippen LogP contribution in [0.4, 0.5) is 4.79 Å². The number of barbiturate groups is 1. The molecule has 0 radical (unpaired) electrons. The number of imide groups is 2. The molecule has 0 spiro atoms. The van der Waals surface area contributed by atoms with Crippen molar-refractivity contribution in [1.29, 1.82) is 0 Å². The zero-order chi connectivity index (χ0) is 23.5. The van der Waals surface area contributed by atoms with E-state index >= 15 is 0 Å². The van der Waals surface area contributed by atoms with Crippen LogP contribution in [0.15, 0.2) is 95.1 Å². The van der Waals surface area contributed by atoms with Crippen molar-refractivity contribution in [2.24, 2.45) is 0 Å². The van der Waals surface area contributed by atoms with E-state index < -0.39 is 17.8 Å². The lowest BCUT2D eigenvalue weighted by Gasteiger charge is -2.25. The van der Waals surface area contributed by atoms with E-state index in [-0.39, 0.29) is 12.1 Å². The van der Waals surface area contributed by atoms with Gasteiger partial charge in [0.05, 0.1) is 12.8 Å². The van der Waals surface area contributed by atoms with E-state index in [0.29, 0.717) is 23.7 Å². The maximum atomic E-state index is 12.8. The second-order valence-electron chi connectivity index (χ2n) is 7.83. The lowest BCUT2D eigenvalue weighted by Crippen LogP contribution is -2.53. The monoisotopic (exact) mass is 452 g/mol. The molecule has 4 amide bonds. The molecule has 1 aromatic heterocycles. The van der Waals surface area contributed by atoms with Crippen molar-refractivity contribution in [3.05, 3.63) is 108 Å². The van der Waals surface area contributed by atoms with Gasteiger partial charge in [-0.2, -0.15) is 0 Å². The number of nitrogens with zero attached hydrogens (tertiary/aromatic N) is 1. The van der Waals surface area contributed by atoms with Gasteiger partial charge in [0.2, 0.25) is 0 Å². The summed E-state index contributed by atoms with van der Waals surface area (Å²) in [5, 5.41) is 4.53. The van der Waals surface area contributed by atoms with E-state index in [4.69, 9.17) is 9.15 Å². The lowest BCUT2D eigenvalue weighted by atomic mass is 10.1. The molecule has 0 saturated carbocycles. The smallest absolute Gasteiger partial charge is 0.331 e. The van der Waals surface area contributed by atoms with E-state index in [9.17, 15) is 14.4 Å². The second-order valence-corrected chi connectivity index (χ2v) is 7.83. The zero-order valence-corrected chi connectivity index (χ0v) is 18.1. The van der Waals surface area contributed by atoms with Crippen molar-refractivity contribution in [3.8, 4) is 5.75 Å². The van der Waals surface area contributed by atoms with Gasteiger partial charge in [-0.25, -0.2) is 4.79 Å². The van der Waals surface area contributed by atoms with Crippen molar-refractivity contribution < 1.29 is 23.5 Å². The quantitative estimate of drug-likeness (QED) is 0.339. The normalized spacial score (nSPS) is 15.1. The van der Waals surface area contributed by atoms with Gasteiger partial charge in [0.25, 0.3) is 11.8 Å². The number of ether oxygens (including phenoxy) is 1. The van der Waals surface area contributed by atoms with Crippen molar-refractivity contribution >= 4 is 34.7 Å². The largest absolute Gasteiger partial charge is 0.489 e. The number of furan rings is 1. The third-order valence-corrected chi connectivity index (χ3v) is 5.49. The number of hydrogen-bond acceptors (Lipinski definition) is 5. The first kappa shape index (κ1) is 21.2. The molecule has 0 unspecified atom stereocenters. The summed E-state index contributed by atoms with van der Waals surface area (Å²) in [4.78, 5) is 38.2. The van der Waals surface area contributed by atoms with Crippen LogP contribution in [0.25, 0.3) is 16.8 Å². The molecule has 1 saturated heterocycles. The van der Waals surface area contributed by atoms with Gasteiger partial charge < -0.3 is 9.15 Å². The van der Waals surface area contributed by atoms with E-state index in [1.165, 1.54) is 17.7 Å². The Morgan fingerprint density at radius 3 is 2.44 bits per heavy atom. The van der Waals surface area contributed by atoms with Gasteiger partial charge >= 0.3 is 6.03 Å². The van der Waals surface area contributed by atoms with Gasteiger partial charge in [0.1, 0.15) is 23.7 Å². The molecular weight excluding hydrogens is 432 g/mol. The molecule has 1 aliphatic heterocycles. The number of fused-ring (bicyclic) bond motifs is 1. The van der Waals surface area contributed by atoms with Gasteiger partial charge in [-0.05, 0) is 58.3 Å². The van der Waals surface area contributed by atoms with Gasteiger partial charge in [-0.3, -0.25) is 19.8 Å². The van der Waals surface area contributed by atoms with Crippen LogP contribution in [0.3, 0.4) is 0 Å². The van der Waals surface area contributed by atoms with E-state index in [0.717, 1.165) is 15.8 Å². The summed E-state index contributed by atoms with van der Waals surface area (Å²) >= 11 is 0. The lowest BCUT2D eigenvalue weighted by molar-refractivity contribution is -0.130. The standard InChI is InChI=1S/C27H20N2O5/c30-25-24(26(31)29(27(32)28-25)16-23-6-3-13-33-23)15-18-8-11-22(12-9-18)34-17-19-7-10-20-4-1-2-5-21(20)14-19/h1-15H,16-17H2,(H,28,30,32). The van der Waals surface area contributed by atoms with Crippen LogP contribution in [0, 0.1) is 0 Å². The molecule has 0 bridgehead atoms. The first-order valence-corrected chi connectivity index (χ1v) is 10.7. The van der Waals surface area contributed by atoms with Crippen molar-refractivity contribution in [2.45, 2.75) is 13.2 Å². The molecule has 0 atom stereocenters. The summed E-state index contributed by atoms with van der Waals surface area (Å²) in [6.07, 6.45) is 2.90. The molecule has 1 N–H and O–H groups in total. The van der Waals surface area contributed by atoms with Crippen LogP contribution >= 0.6 is 0 Å². The molecule has 3 aromatic carbocycles. The number of urea groups is 1. The highest BCUT2D eigenvalue weighted by atomic mass is 16.5. The molecule has 7 heteroatoms. The van der Waals surface area contributed by atoms with Crippen LogP contribution in [-0.4, -0.2) is 22.7 Å². The number of rotatable bonds is 6. The average molecular weight is 452 g/mol. The Bertz CT molecular complexity index is 1400. The predicted molar refractivity (Wildman–Crippen MR) is 125 cm³/mol. The first-order chi connectivity index (χ1) is 16.6. The highest BCUT2D eigenvalue weighted by molar-refractivity contribution is 6.30. The van der Waals surface area contributed by atoms with Gasteiger partial charge in [0, 0.05) is 0 Å². The minimum atomic E-state index is -0.777. The Hall–Kier alpha value is -4.65. The van der Waals surface area contributed by atoms with Crippen molar-refractivity contribution in [2.75, 3.05) is 0 Å². The Morgan fingerprint density at radius 2 is 1.68 bits per heavy atom. The van der Waals surface area contributed by atoms with E-state index in [2.05, 4.69) is 29.6 Å². The van der Waals surface area contributed by atoms with Crippen LogP contribution < -0.4 is 10.1 Å². The van der Waals surface area contributed by atoms with Gasteiger partial charge in [-0.15, -0.1) is 0 Å². The number of nitrogens with one attached hydrogen (secondary N) is 1. The number of benzene rings is 3. The summed E-state index contributed by atoms with van der Waals surface area (Å²) < 4.78 is 11.1. The van der Waals surface area contributed by atoms with Crippen molar-refractivity contribution in [1.82, 2.24) is 10.2 Å². The molecule has 5 rings (SSSR count). The number of carbonyl (C=O) groups excluding carboxylic acids is 3. The molecule has 2 heterocycles. The fourth-order valence-electron chi connectivity index (χ4n) is 3.72. The Labute approximate surface area is 195 Å². The molecular formula is C27H20N2O5. The number of amides is 4. The Morgan fingerprint density at radius 1 is 0.882 bits per heavy atom. The van der Waals surface area contributed by atoms with E-state index in [1.807, 2.05) is 18.2 Å². The zero-order valence-electron chi connectivity index (χ0n) is 18.1.